The minimum atomic E-state index is -0.547. The molecule has 0 spiro atoms. The molecule has 1 amide bonds. The van der Waals surface area contributed by atoms with Crippen molar-refractivity contribution in [2.75, 3.05) is 5.32 Å². The summed E-state index contributed by atoms with van der Waals surface area (Å²) in [6.45, 7) is 3.87. The summed E-state index contributed by atoms with van der Waals surface area (Å²) < 4.78 is 13.1. The Morgan fingerprint density at radius 2 is 2.31 bits per heavy atom. The van der Waals surface area contributed by atoms with Gasteiger partial charge >= 0.3 is 0 Å². The molecule has 1 unspecified atom stereocenters. The number of nitrogens with zero attached hydrogens (tertiary/aromatic N) is 1. The first-order valence-electron chi connectivity index (χ1n) is 5.15. The van der Waals surface area contributed by atoms with Gasteiger partial charge in [0.25, 0.3) is 0 Å². The van der Waals surface area contributed by atoms with Crippen molar-refractivity contribution in [2.24, 2.45) is 11.7 Å². The molecule has 0 aliphatic carbocycles. The summed E-state index contributed by atoms with van der Waals surface area (Å²) in [6.07, 6.45) is 2.65. The highest BCUT2D eigenvalue weighted by Gasteiger charge is 2.14. The third kappa shape index (κ3) is 3.58. The summed E-state index contributed by atoms with van der Waals surface area (Å²) in [5.74, 6) is -0.617. The third-order valence-electron chi connectivity index (χ3n) is 2.32. The van der Waals surface area contributed by atoms with Crippen LogP contribution in [-0.2, 0) is 4.79 Å². The number of nitrogens with two attached hydrogens (primary N) is 1. The lowest BCUT2D eigenvalue weighted by Gasteiger charge is -2.15. The molecule has 4 nitrogen and oxygen atoms in total. The van der Waals surface area contributed by atoms with Gasteiger partial charge in [-0.1, -0.05) is 13.8 Å². The smallest absolute Gasteiger partial charge is 0.226 e. The first-order valence-corrected chi connectivity index (χ1v) is 5.15. The van der Waals surface area contributed by atoms with E-state index in [9.17, 15) is 9.18 Å². The molecule has 1 aromatic heterocycles. The number of hydrogen-bond acceptors (Lipinski definition) is 3. The molecule has 0 saturated heterocycles. The summed E-state index contributed by atoms with van der Waals surface area (Å²) in [6, 6.07) is 1.19. The van der Waals surface area contributed by atoms with Gasteiger partial charge in [-0.25, -0.2) is 4.39 Å². The fourth-order valence-corrected chi connectivity index (χ4v) is 1.13. The van der Waals surface area contributed by atoms with Crippen molar-refractivity contribution in [3.63, 3.8) is 0 Å². The van der Waals surface area contributed by atoms with Crippen LogP contribution >= 0.6 is 0 Å². The molecule has 1 rings (SSSR count). The normalized spacial score (nSPS) is 12.6. The average molecular weight is 225 g/mol. The van der Waals surface area contributed by atoms with Crippen molar-refractivity contribution < 1.29 is 9.18 Å². The maximum Gasteiger partial charge on any atom is 0.226 e. The lowest BCUT2D eigenvalue weighted by atomic mass is 10.0. The Balaban J connectivity index is 2.55. The molecule has 3 N–H and O–H groups in total. The van der Waals surface area contributed by atoms with Crippen LogP contribution in [0.5, 0.6) is 0 Å². The molecule has 0 saturated carbocycles. The zero-order valence-electron chi connectivity index (χ0n) is 9.40. The van der Waals surface area contributed by atoms with E-state index in [1.54, 1.807) is 0 Å². The van der Waals surface area contributed by atoms with Gasteiger partial charge in [0.1, 0.15) is 0 Å². The lowest BCUT2D eigenvalue weighted by Crippen LogP contribution is -2.31. The molecule has 0 aliphatic rings. The molecule has 0 bridgehead atoms. The Kier molecular flexibility index (Phi) is 4.37. The third-order valence-corrected chi connectivity index (χ3v) is 2.32. The van der Waals surface area contributed by atoms with Crippen LogP contribution in [0, 0.1) is 11.7 Å². The highest BCUT2D eigenvalue weighted by Crippen LogP contribution is 2.12. The Bertz CT molecular complexity index is 368. The van der Waals surface area contributed by atoms with Crippen LogP contribution < -0.4 is 11.1 Å². The second kappa shape index (κ2) is 5.55. The SMILES string of the molecule is CC(C)C(N)CC(=O)Nc1ccncc1F. The molecule has 0 fully saturated rings. The fraction of sp³-hybridized carbons (Fsp3) is 0.455. The van der Waals surface area contributed by atoms with Crippen LogP contribution in [-0.4, -0.2) is 16.9 Å². The van der Waals surface area contributed by atoms with E-state index in [1.807, 2.05) is 13.8 Å². The molecular weight excluding hydrogens is 209 g/mol. The lowest BCUT2D eigenvalue weighted by molar-refractivity contribution is -0.116. The number of carbonyl (C=O) groups is 1. The summed E-state index contributed by atoms with van der Waals surface area (Å²) in [7, 11) is 0. The average Bonchev–Trinajstić information content (AvgIpc) is 2.21. The summed E-state index contributed by atoms with van der Waals surface area (Å²) in [4.78, 5) is 15.1. The monoisotopic (exact) mass is 225 g/mol. The zero-order chi connectivity index (χ0) is 12.1. The maximum atomic E-state index is 13.1. The van der Waals surface area contributed by atoms with Crippen LogP contribution in [0.1, 0.15) is 20.3 Å². The highest BCUT2D eigenvalue weighted by atomic mass is 19.1. The molecule has 5 heteroatoms. The van der Waals surface area contributed by atoms with Crippen molar-refractivity contribution >= 4 is 11.6 Å². The number of halogens is 1. The van der Waals surface area contributed by atoms with Crippen molar-refractivity contribution in [3.8, 4) is 0 Å². The van der Waals surface area contributed by atoms with E-state index in [1.165, 1.54) is 12.3 Å². The minimum Gasteiger partial charge on any atom is -0.327 e. The van der Waals surface area contributed by atoms with Crippen LogP contribution in [0.25, 0.3) is 0 Å². The van der Waals surface area contributed by atoms with E-state index < -0.39 is 5.82 Å². The van der Waals surface area contributed by atoms with Gasteiger partial charge in [-0.3, -0.25) is 9.78 Å². The van der Waals surface area contributed by atoms with Crippen LogP contribution in [0.4, 0.5) is 10.1 Å². The van der Waals surface area contributed by atoms with Gasteiger partial charge in [0.2, 0.25) is 5.91 Å². The predicted molar refractivity (Wildman–Crippen MR) is 60.3 cm³/mol. The van der Waals surface area contributed by atoms with Crippen LogP contribution in [0.15, 0.2) is 18.5 Å². The molecule has 16 heavy (non-hydrogen) atoms. The second-order valence-electron chi connectivity index (χ2n) is 4.02. The van der Waals surface area contributed by atoms with Gasteiger partial charge in [0.15, 0.2) is 5.82 Å². The van der Waals surface area contributed by atoms with Gasteiger partial charge in [-0.15, -0.1) is 0 Å². The van der Waals surface area contributed by atoms with Gasteiger partial charge < -0.3 is 11.1 Å². The van der Waals surface area contributed by atoms with Gasteiger partial charge in [0.05, 0.1) is 11.9 Å². The molecule has 1 heterocycles. The molecule has 1 atom stereocenters. The molecule has 0 aliphatic heterocycles. The van der Waals surface area contributed by atoms with E-state index in [0.717, 1.165) is 6.20 Å². The Labute approximate surface area is 94.1 Å². The van der Waals surface area contributed by atoms with Crippen LogP contribution in [0.3, 0.4) is 0 Å². The van der Waals surface area contributed by atoms with E-state index in [2.05, 4.69) is 10.3 Å². The first kappa shape index (κ1) is 12.6. The minimum absolute atomic E-state index is 0.135. The number of rotatable bonds is 4. The number of amides is 1. The summed E-state index contributed by atoms with van der Waals surface area (Å²) in [5.41, 5.74) is 5.88. The quantitative estimate of drug-likeness (QED) is 0.816. The number of nitrogens with one attached hydrogen (secondary N) is 1. The van der Waals surface area contributed by atoms with Gasteiger partial charge in [0, 0.05) is 18.7 Å². The summed E-state index contributed by atoms with van der Waals surface area (Å²) >= 11 is 0. The van der Waals surface area contributed by atoms with Crippen molar-refractivity contribution in [3.05, 3.63) is 24.3 Å². The fourth-order valence-electron chi connectivity index (χ4n) is 1.13. The number of pyridine rings is 1. The largest absolute Gasteiger partial charge is 0.327 e. The van der Waals surface area contributed by atoms with E-state index in [0.29, 0.717) is 0 Å². The topological polar surface area (TPSA) is 68.0 Å². The van der Waals surface area contributed by atoms with Crippen molar-refractivity contribution in [1.29, 1.82) is 0 Å². The molecule has 0 radical (unpaired) electrons. The van der Waals surface area contributed by atoms with Gasteiger partial charge in [-0.2, -0.15) is 0 Å². The first-order chi connectivity index (χ1) is 7.50. The molecule has 88 valence electrons. The standard InChI is InChI=1S/C11H16FN3O/c1-7(2)9(13)5-11(16)15-10-3-4-14-6-8(10)12/h3-4,6-7,9H,5,13H2,1-2H3,(H,14,15,16). The Hall–Kier alpha value is -1.49. The molecular formula is C11H16FN3O. The highest BCUT2D eigenvalue weighted by molar-refractivity contribution is 5.91. The van der Waals surface area contributed by atoms with Crippen LogP contribution in [0.2, 0.25) is 0 Å². The number of hydrogen-bond donors (Lipinski definition) is 2. The Morgan fingerprint density at radius 1 is 1.62 bits per heavy atom. The van der Waals surface area contributed by atoms with E-state index in [-0.39, 0.29) is 30.0 Å². The number of anilines is 1. The second-order valence-corrected chi connectivity index (χ2v) is 4.02. The Morgan fingerprint density at radius 3 is 2.88 bits per heavy atom. The van der Waals surface area contributed by atoms with E-state index in [4.69, 9.17) is 5.73 Å². The molecule has 0 aromatic carbocycles. The maximum absolute atomic E-state index is 13.1. The number of carbonyl (C=O) groups excluding carboxylic acids is 1. The van der Waals surface area contributed by atoms with Crippen molar-refractivity contribution in [1.82, 2.24) is 4.98 Å². The van der Waals surface area contributed by atoms with E-state index >= 15 is 0 Å². The zero-order valence-corrected chi connectivity index (χ0v) is 9.40. The van der Waals surface area contributed by atoms with Gasteiger partial charge in [-0.05, 0) is 12.0 Å². The predicted octanol–water partition coefficient (Wildman–Crippen LogP) is 1.53. The molecule has 1 aromatic rings. The summed E-state index contributed by atoms with van der Waals surface area (Å²) in [5, 5.41) is 2.46. The number of aromatic nitrogens is 1. The van der Waals surface area contributed by atoms with Crippen molar-refractivity contribution in [2.45, 2.75) is 26.3 Å².